The molecule has 0 fully saturated rings. The van der Waals surface area contributed by atoms with E-state index in [1.807, 2.05) is 26.0 Å². The van der Waals surface area contributed by atoms with E-state index in [4.69, 9.17) is 0 Å². The number of hydrogen-bond donors (Lipinski definition) is 2. The first-order chi connectivity index (χ1) is 8.04. The van der Waals surface area contributed by atoms with E-state index in [1.165, 1.54) is 0 Å². The number of nitrogens with one attached hydrogen (secondary N) is 2. The van der Waals surface area contributed by atoms with Crippen molar-refractivity contribution >= 4 is 27.7 Å². The van der Waals surface area contributed by atoms with Crippen LogP contribution in [-0.2, 0) is 4.79 Å². The monoisotopic (exact) mass is 298 g/mol. The Morgan fingerprint density at radius 1 is 1.24 bits per heavy atom. The molecule has 0 aliphatic rings. The molecular weight excluding hydrogens is 284 g/mol. The molecule has 0 spiro atoms. The second-order valence-electron chi connectivity index (χ2n) is 3.69. The summed E-state index contributed by atoms with van der Waals surface area (Å²) in [5.74, 6) is -0.581. The minimum Gasteiger partial charge on any atom is -0.272 e. The zero-order valence-corrected chi connectivity index (χ0v) is 11.4. The van der Waals surface area contributed by atoms with Crippen LogP contribution in [0.4, 0.5) is 0 Å². The normalized spacial score (nSPS) is 11.7. The molecule has 0 aliphatic carbocycles. The van der Waals surface area contributed by atoms with E-state index in [0.717, 1.165) is 5.56 Å². The van der Waals surface area contributed by atoms with E-state index in [1.54, 1.807) is 12.1 Å². The highest BCUT2D eigenvalue weighted by molar-refractivity contribution is 9.10. The second kappa shape index (κ2) is 6.39. The molecule has 1 atom stereocenters. The van der Waals surface area contributed by atoms with Crippen LogP contribution >= 0.6 is 15.9 Å². The molecule has 1 rings (SSSR count). The number of benzene rings is 1. The van der Waals surface area contributed by atoms with Crippen molar-refractivity contribution in [1.82, 2.24) is 10.9 Å². The number of alkyl halides is 1. The topological polar surface area (TPSA) is 58.2 Å². The van der Waals surface area contributed by atoms with Crippen molar-refractivity contribution in [2.24, 2.45) is 0 Å². The Hall–Kier alpha value is -1.36. The van der Waals surface area contributed by atoms with Gasteiger partial charge in [-0.1, -0.05) is 40.5 Å². The summed E-state index contributed by atoms with van der Waals surface area (Å²) in [7, 11) is 0. The maximum atomic E-state index is 11.6. The van der Waals surface area contributed by atoms with Gasteiger partial charge in [0.2, 0.25) is 0 Å². The number of carbonyl (C=O) groups is 2. The lowest BCUT2D eigenvalue weighted by Crippen LogP contribution is -2.44. The quantitative estimate of drug-likeness (QED) is 0.662. The summed E-state index contributed by atoms with van der Waals surface area (Å²) < 4.78 is 0. The van der Waals surface area contributed by atoms with Gasteiger partial charge >= 0.3 is 0 Å². The molecule has 0 radical (unpaired) electrons. The van der Waals surface area contributed by atoms with E-state index in [2.05, 4.69) is 26.8 Å². The van der Waals surface area contributed by atoms with Gasteiger partial charge in [0.25, 0.3) is 11.8 Å². The molecule has 0 saturated heterocycles. The van der Waals surface area contributed by atoms with E-state index < -0.39 is 0 Å². The zero-order chi connectivity index (χ0) is 12.8. The van der Waals surface area contributed by atoms with Crippen molar-refractivity contribution in [1.29, 1.82) is 0 Å². The third-order valence-electron chi connectivity index (χ3n) is 2.26. The van der Waals surface area contributed by atoms with Gasteiger partial charge < -0.3 is 0 Å². The first kappa shape index (κ1) is 13.7. The summed E-state index contributed by atoms with van der Waals surface area (Å²) in [6.07, 6.45) is 0.659. The van der Waals surface area contributed by atoms with Crippen molar-refractivity contribution in [3.8, 4) is 0 Å². The number of rotatable bonds is 3. The van der Waals surface area contributed by atoms with Gasteiger partial charge in [-0.15, -0.1) is 0 Å². The second-order valence-corrected chi connectivity index (χ2v) is 4.79. The molecule has 92 valence electrons. The Labute approximate surface area is 109 Å². The van der Waals surface area contributed by atoms with E-state index in [0.29, 0.717) is 12.0 Å². The van der Waals surface area contributed by atoms with E-state index in [9.17, 15) is 9.59 Å². The molecule has 0 aromatic heterocycles. The molecule has 2 amide bonds. The number of hydrogen-bond acceptors (Lipinski definition) is 2. The van der Waals surface area contributed by atoms with E-state index in [-0.39, 0.29) is 16.6 Å². The number of carbonyl (C=O) groups excluding carboxylic acids is 2. The summed E-state index contributed by atoms with van der Waals surface area (Å²) in [6, 6.07) is 7.11. The van der Waals surface area contributed by atoms with Gasteiger partial charge in [0.05, 0.1) is 4.83 Å². The molecular formula is C12H15BrN2O2. The lowest BCUT2D eigenvalue weighted by Gasteiger charge is -2.10. The van der Waals surface area contributed by atoms with Gasteiger partial charge in [0, 0.05) is 5.56 Å². The number of hydrazine groups is 1. The fourth-order valence-electron chi connectivity index (χ4n) is 1.16. The standard InChI is InChI=1S/C12H15BrN2O2/c1-3-10(13)12(17)15-14-11(16)9-6-4-8(2)5-7-9/h4-7,10H,3H2,1-2H3,(H,14,16)(H,15,17)/t10-/m0/s1. The van der Waals surface area contributed by atoms with Crippen molar-refractivity contribution in [3.63, 3.8) is 0 Å². The van der Waals surface area contributed by atoms with Crippen LogP contribution in [-0.4, -0.2) is 16.6 Å². The van der Waals surface area contributed by atoms with Crippen molar-refractivity contribution in [3.05, 3.63) is 35.4 Å². The van der Waals surface area contributed by atoms with Gasteiger partial charge in [-0.2, -0.15) is 0 Å². The summed E-state index contributed by atoms with van der Waals surface area (Å²) in [5.41, 5.74) is 6.32. The molecule has 0 heterocycles. The van der Waals surface area contributed by atoms with Crippen LogP contribution in [0.5, 0.6) is 0 Å². The molecule has 17 heavy (non-hydrogen) atoms. The third-order valence-corrected chi connectivity index (χ3v) is 3.32. The summed E-state index contributed by atoms with van der Waals surface area (Å²) >= 11 is 3.19. The fourth-order valence-corrected chi connectivity index (χ4v) is 1.27. The lowest BCUT2D eigenvalue weighted by atomic mass is 10.1. The van der Waals surface area contributed by atoms with Crippen LogP contribution in [0.2, 0.25) is 0 Å². The number of aryl methyl sites for hydroxylation is 1. The minimum absolute atomic E-state index is 0.257. The molecule has 0 bridgehead atoms. The first-order valence-corrected chi connectivity index (χ1v) is 6.27. The Morgan fingerprint density at radius 3 is 2.35 bits per heavy atom. The molecule has 1 aromatic carbocycles. The summed E-state index contributed by atoms with van der Waals surface area (Å²) in [5, 5.41) is 0. The van der Waals surface area contributed by atoms with Crippen molar-refractivity contribution in [2.75, 3.05) is 0 Å². The smallest absolute Gasteiger partial charge is 0.269 e. The average Bonchev–Trinajstić information content (AvgIpc) is 2.35. The van der Waals surface area contributed by atoms with Gasteiger partial charge in [-0.05, 0) is 25.5 Å². The predicted molar refractivity (Wildman–Crippen MR) is 69.8 cm³/mol. The van der Waals surface area contributed by atoms with Crippen molar-refractivity contribution in [2.45, 2.75) is 25.1 Å². The first-order valence-electron chi connectivity index (χ1n) is 5.35. The lowest BCUT2D eigenvalue weighted by molar-refractivity contribution is -0.121. The third kappa shape index (κ3) is 4.19. The molecule has 0 aliphatic heterocycles. The average molecular weight is 299 g/mol. The van der Waals surface area contributed by atoms with Crippen LogP contribution in [0.25, 0.3) is 0 Å². The summed E-state index contributed by atoms with van der Waals surface area (Å²) in [4.78, 5) is 22.7. The summed E-state index contributed by atoms with van der Waals surface area (Å²) in [6.45, 7) is 3.82. The van der Waals surface area contributed by atoms with Crippen LogP contribution in [0, 0.1) is 6.92 Å². The Kier molecular flexibility index (Phi) is 5.15. The highest BCUT2D eigenvalue weighted by Gasteiger charge is 2.13. The van der Waals surface area contributed by atoms with Crippen LogP contribution in [0.15, 0.2) is 24.3 Å². The highest BCUT2D eigenvalue weighted by atomic mass is 79.9. The predicted octanol–water partition coefficient (Wildman–Crippen LogP) is 1.93. The van der Waals surface area contributed by atoms with Crippen LogP contribution < -0.4 is 10.9 Å². The molecule has 0 unspecified atom stereocenters. The minimum atomic E-state index is -0.325. The van der Waals surface area contributed by atoms with Crippen LogP contribution in [0.3, 0.4) is 0 Å². The van der Waals surface area contributed by atoms with Gasteiger partial charge in [0.15, 0.2) is 0 Å². The van der Waals surface area contributed by atoms with Crippen molar-refractivity contribution < 1.29 is 9.59 Å². The Morgan fingerprint density at radius 2 is 1.82 bits per heavy atom. The Balaban J connectivity index is 2.50. The van der Waals surface area contributed by atoms with Gasteiger partial charge in [0.1, 0.15) is 0 Å². The fraction of sp³-hybridized carbons (Fsp3) is 0.333. The molecule has 2 N–H and O–H groups in total. The Bertz CT molecular complexity index is 403. The highest BCUT2D eigenvalue weighted by Crippen LogP contribution is 2.04. The zero-order valence-electron chi connectivity index (χ0n) is 9.79. The molecule has 1 aromatic rings. The molecule has 4 nitrogen and oxygen atoms in total. The maximum Gasteiger partial charge on any atom is 0.269 e. The number of halogens is 1. The number of amides is 2. The van der Waals surface area contributed by atoms with Gasteiger partial charge in [-0.3, -0.25) is 20.4 Å². The maximum absolute atomic E-state index is 11.6. The SMILES string of the molecule is CC[C@H](Br)C(=O)NNC(=O)c1ccc(C)cc1. The molecule has 0 saturated carbocycles. The molecule has 5 heteroatoms. The van der Waals surface area contributed by atoms with E-state index >= 15 is 0 Å². The van der Waals surface area contributed by atoms with Crippen LogP contribution in [0.1, 0.15) is 29.3 Å². The van der Waals surface area contributed by atoms with Gasteiger partial charge in [-0.25, -0.2) is 0 Å². The largest absolute Gasteiger partial charge is 0.272 e.